The van der Waals surface area contributed by atoms with Gasteiger partial charge >= 0.3 is 0 Å². The molecule has 0 nitrogen and oxygen atoms in total. The van der Waals surface area contributed by atoms with Crippen LogP contribution in [0.1, 0.15) is 140 Å². The van der Waals surface area contributed by atoms with Crippen molar-refractivity contribution in [2.45, 2.75) is 140 Å². The number of rotatable bonds is 5. The third-order valence-corrected chi connectivity index (χ3v) is 10.5. The molecule has 4 aliphatic rings. The van der Waals surface area contributed by atoms with Crippen molar-refractivity contribution in [2.75, 3.05) is 0 Å². The summed E-state index contributed by atoms with van der Waals surface area (Å²) in [7, 11) is 0. The van der Waals surface area contributed by atoms with Crippen LogP contribution < -0.4 is 0 Å². The van der Waals surface area contributed by atoms with Gasteiger partial charge in [0.25, 0.3) is 0 Å². The Kier molecular flexibility index (Phi) is 9.38. The van der Waals surface area contributed by atoms with Gasteiger partial charge < -0.3 is 0 Å². The first-order valence-corrected chi connectivity index (χ1v) is 14.0. The summed E-state index contributed by atoms with van der Waals surface area (Å²) in [4.78, 5) is 0. The molecule has 0 amide bonds. The van der Waals surface area contributed by atoms with Crippen LogP contribution in [0.15, 0.2) is 11.1 Å². The Morgan fingerprint density at radius 2 is 1.61 bits per heavy atom. The number of allylic oxidation sites excluding steroid dienone is 2. The summed E-state index contributed by atoms with van der Waals surface area (Å²) in [5.41, 5.74) is 5.18. The molecule has 4 rings (SSSR count). The average Bonchev–Trinajstić information content (AvgIpc) is 3.07. The van der Waals surface area contributed by atoms with Crippen LogP contribution in [0.3, 0.4) is 0 Å². The molecule has 0 N–H and O–H groups in total. The third-order valence-electron chi connectivity index (χ3n) is 10.5. The van der Waals surface area contributed by atoms with Gasteiger partial charge in [0, 0.05) is 0 Å². The Bertz CT molecular complexity index is 597. The van der Waals surface area contributed by atoms with E-state index in [4.69, 9.17) is 0 Å². The Morgan fingerprint density at radius 1 is 0.903 bits per heavy atom. The van der Waals surface area contributed by atoms with Gasteiger partial charge in [-0.25, -0.2) is 0 Å². The third kappa shape index (κ3) is 4.99. The molecule has 0 bridgehead atoms. The van der Waals surface area contributed by atoms with Gasteiger partial charge in [0.15, 0.2) is 0 Å². The van der Waals surface area contributed by atoms with Crippen LogP contribution in [-0.4, -0.2) is 0 Å². The lowest BCUT2D eigenvalue weighted by Gasteiger charge is -2.55. The van der Waals surface area contributed by atoms with Gasteiger partial charge in [-0.3, -0.25) is 0 Å². The van der Waals surface area contributed by atoms with Gasteiger partial charge in [-0.2, -0.15) is 0 Å². The standard InChI is InChI=1S/C28H48.C2H6.CH4/c1-19(2)8-7-9-21(4)24-12-13-25-23-11-10-22-18-20(3)14-16-27(22,5)26(23)15-17-28(24,25)6;1-2;/h19-22,24-25H,7-18H2,1-6H3;1-2H3;1H4. The minimum Gasteiger partial charge on any atom is -0.0776 e. The van der Waals surface area contributed by atoms with Gasteiger partial charge in [-0.05, 0) is 104 Å². The maximum absolute atomic E-state index is 2.72. The zero-order valence-electron chi connectivity index (χ0n) is 21.9. The first kappa shape index (κ1) is 27.0. The van der Waals surface area contributed by atoms with Crippen LogP contribution in [0.25, 0.3) is 0 Å². The van der Waals surface area contributed by atoms with Gasteiger partial charge in [0.05, 0.1) is 0 Å². The second-order valence-electron chi connectivity index (χ2n) is 12.6. The van der Waals surface area contributed by atoms with Gasteiger partial charge in [-0.1, -0.05) is 93.2 Å². The highest BCUT2D eigenvalue weighted by Gasteiger charge is 2.55. The molecule has 0 heterocycles. The van der Waals surface area contributed by atoms with Crippen molar-refractivity contribution in [3.8, 4) is 0 Å². The maximum Gasteiger partial charge on any atom is -0.00850 e. The van der Waals surface area contributed by atoms with E-state index in [1.807, 2.05) is 25.0 Å². The molecule has 0 aromatic heterocycles. The second kappa shape index (κ2) is 10.8. The molecule has 0 heteroatoms. The summed E-state index contributed by atoms with van der Waals surface area (Å²) in [5, 5.41) is 0. The fourth-order valence-electron chi connectivity index (χ4n) is 8.70. The molecule has 0 aliphatic heterocycles. The molecular formula is C31H58. The van der Waals surface area contributed by atoms with E-state index in [0.29, 0.717) is 10.8 Å². The number of fused-ring (bicyclic) bond motifs is 4. The molecule has 2 fully saturated rings. The molecule has 4 aliphatic carbocycles. The smallest absolute Gasteiger partial charge is 0.00850 e. The SMILES string of the molecule is C.CC.CC(C)CCCC(C)C1CCC2C3=C(CCC21C)C1(C)CCC(C)CC1CC3. The fraction of sp³-hybridized carbons (Fsp3) is 0.935. The van der Waals surface area contributed by atoms with Crippen LogP contribution in [0.4, 0.5) is 0 Å². The van der Waals surface area contributed by atoms with Crippen LogP contribution in [0.5, 0.6) is 0 Å². The van der Waals surface area contributed by atoms with Crippen molar-refractivity contribution in [3.05, 3.63) is 11.1 Å². The topological polar surface area (TPSA) is 0 Å². The lowest BCUT2D eigenvalue weighted by atomic mass is 9.50. The fourth-order valence-corrected chi connectivity index (χ4v) is 8.70. The van der Waals surface area contributed by atoms with Crippen molar-refractivity contribution in [1.29, 1.82) is 0 Å². The molecule has 0 radical (unpaired) electrons. The molecular weight excluding hydrogens is 372 g/mol. The van der Waals surface area contributed by atoms with E-state index in [9.17, 15) is 0 Å². The molecule has 31 heavy (non-hydrogen) atoms. The van der Waals surface area contributed by atoms with E-state index >= 15 is 0 Å². The summed E-state index contributed by atoms with van der Waals surface area (Å²) >= 11 is 0. The summed E-state index contributed by atoms with van der Waals surface area (Å²) in [5.74, 6) is 5.68. The lowest BCUT2D eigenvalue weighted by Crippen LogP contribution is -2.44. The summed E-state index contributed by atoms with van der Waals surface area (Å²) in [6.07, 6.45) is 17.7. The van der Waals surface area contributed by atoms with Crippen molar-refractivity contribution in [2.24, 2.45) is 46.3 Å². The van der Waals surface area contributed by atoms with E-state index in [1.165, 1.54) is 77.0 Å². The molecule has 0 aromatic rings. The van der Waals surface area contributed by atoms with Crippen LogP contribution in [0.2, 0.25) is 0 Å². The Morgan fingerprint density at radius 3 is 2.29 bits per heavy atom. The van der Waals surface area contributed by atoms with Crippen LogP contribution in [0, 0.1) is 46.3 Å². The van der Waals surface area contributed by atoms with Crippen molar-refractivity contribution >= 4 is 0 Å². The first-order valence-electron chi connectivity index (χ1n) is 14.0. The lowest BCUT2D eigenvalue weighted by molar-refractivity contribution is 0.0549. The Balaban J connectivity index is 0.00000111. The zero-order chi connectivity index (χ0) is 22.1. The predicted octanol–water partition coefficient (Wildman–Crippen LogP) is 10.5. The van der Waals surface area contributed by atoms with E-state index in [1.54, 1.807) is 0 Å². The van der Waals surface area contributed by atoms with Gasteiger partial charge in [0.2, 0.25) is 0 Å². The molecule has 0 aromatic carbocycles. The van der Waals surface area contributed by atoms with Gasteiger partial charge in [0.1, 0.15) is 0 Å². The summed E-state index contributed by atoms with van der Waals surface area (Å²) in [6, 6.07) is 0. The molecule has 2 saturated carbocycles. The predicted molar refractivity (Wildman–Crippen MR) is 140 cm³/mol. The highest BCUT2D eigenvalue weighted by atomic mass is 14.6. The molecule has 0 spiro atoms. The van der Waals surface area contributed by atoms with Gasteiger partial charge in [-0.15, -0.1) is 0 Å². The number of hydrogen-bond donors (Lipinski definition) is 0. The minimum absolute atomic E-state index is 0. The second-order valence-corrected chi connectivity index (χ2v) is 12.6. The maximum atomic E-state index is 2.72. The van der Waals surface area contributed by atoms with Crippen molar-refractivity contribution < 1.29 is 0 Å². The summed E-state index contributed by atoms with van der Waals surface area (Å²) < 4.78 is 0. The average molecular weight is 431 g/mol. The molecule has 7 atom stereocenters. The monoisotopic (exact) mass is 430 g/mol. The van der Waals surface area contributed by atoms with Crippen LogP contribution in [-0.2, 0) is 0 Å². The normalized spacial score (nSPS) is 40.2. The van der Waals surface area contributed by atoms with E-state index < -0.39 is 0 Å². The largest absolute Gasteiger partial charge is 0.0776 e. The Labute approximate surface area is 197 Å². The highest BCUT2D eigenvalue weighted by molar-refractivity contribution is 5.34. The molecule has 182 valence electrons. The van der Waals surface area contributed by atoms with Crippen LogP contribution >= 0.6 is 0 Å². The van der Waals surface area contributed by atoms with E-state index in [0.717, 1.165) is 35.5 Å². The van der Waals surface area contributed by atoms with Crippen molar-refractivity contribution in [3.63, 3.8) is 0 Å². The highest BCUT2D eigenvalue weighted by Crippen LogP contribution is 2.66. The Hall–Kier alpha value is -0.260. The first-order chi connectivity index (χ1) is 14.3. The van der Waals surface area contributed by atoms with E-state index in [-0.39, 0.29) is 7.43 Å². The quantitative estimate of drug-likeness (QED) is 0.380. The number of hydrogen-bond acceptors (Lipinski definition) is 0. The minimum atomic E-state index is 0. The molecule has 0 saturated heterocycles. The molecule has 7 unspecified atom stereocenters. The van der Waals surface area contributed by atoms with Crippen molar-refractivity contribution in [1.82, 2.24) is 0 Å². The van der Waals surface area contributed by atoms with E-state index in [2.05, 4.69) is 41.5 Å². The summed E-state index contributed by atoms with van der Waals surface area (Å²) in [6.45, 7) is 19.3. The zero-order valence-corrected chi connectivity index (χ0v) is 21.9.